The van der Waals surface area contributed by atoms with Crippen molar-refractivity contribution in [2.45, 2.75) is 26.2 Å². The minimum atomic E-state index is -0.341. The van der Waals surface area contributed by atoms with E-state index in [1.807, 2.05) is 0 Å². The number of anilines is 1. The molecule has 1 N–H and O–H groups in total. The molecule has 1 saturated carbocycles. The number of hydrogen-bond donors (Lipinski definition) is 1. The van der Waals surface area contributed by atoms with Gasteiger partial charge >= 0.3 is 0 Å². The molecule has 0 aliphatic heterocycles. The van der Waals surface area contributed by atoms with Crippen molar-refractivity contribution in [1.82, 2.24) is 9.97 Å². The molecule has 0 atom stereocenters. The van der Waals surface area contributed by atoms with Crippen molar-refractivity contribution in [1.29, 1.82) is 0 Å². The van der Waals surface area contributed by atoms with Crippen LogP contribution in [-0.2, 0) is 6.42 Å². The Morgan fingerprint density at radius 2 is 2.14 bits per heavy atom. The van der Waals surface area contributed by atoms with Gasteiger partial charge in [-0.05, 0) is 25.7 Å². The van der Waals surface area contributed by atoms with Crippen molar-refractivity contribution in [3.8, 4) is 0 Å². The van der Waals surface area contributed by atoms with E-state index in [0.29, 0.717) is 11.5 Å². The minimum absolute atomic E-state index is 0.313. The summed E-state index contributed by atoms with van der Waals surface area (Å²) in [5, 5.41) is 2.74. The first-order chi connectivity index (χ1) is 6.70. The number of hydrogen-bond acceptors (Lipinski definition) is 3. The maximum absolute atomic E-state index is 13.3. The average Bonchev–Trinajstić information content (AvgIpc) is 2.95. The van der Waals surface area contributed by atoms with Gasteiger partial charge in [0.1, 0.15) is 5.82 Å². The molecule has 0 amide bonds. The lowest BCUT2D eigenvalue weighted by atomic mass is 10.2. The first-order valence-electron chi connectivity index (χ1n) is 4.91. The third-order valence-corrected chi connectivity index (χ3v) is 2.47. The Kier molecular flexibility index (Phi) is 2.35. The molecule has 1 aliphatic carbocycles. The summed E-state index contributed by atoms with van der Waals surface area (Å²) < 4.78 is 13.3. The van der Waals surface area contributed by atoms with Crippen LogP contribution in [0, 0.1) is 18.7 Å². The highest BCUT2D eigenvalue weighted by atomic mass is 19.1. The molecule has 0 saturated heterocycles. The van der Waals surface area contributed by atoms with Gasteiger partial charge in [0.25, 0.3) is 0 Å². The second-order valence-electron chi connectivity index (χ2n) is 3.79. The van der Waals surface area contributed by atoms with E-state index in [1.165, 1.54) is 12.8 Å². The van der Waals surface area contributed by atoms with Crippen molar-refractivity contribution in [2.75, 3.05) is 12.4 Å². The quantitative estimate of drug-likeness (QED) is 0.800. The van der Waals surface area contributed by atoms with E-state index in [1.54, 1.807) is 14.0 Å². The molecule has 0 unspecified atom stereocenters. The van der Waals surface area contributed by atoms with Gasteiger partial charge in [0.05, 0.1) is 5.69 Å². The third kappa shape index (κ3) is 1.84. The van der Waals surface area contributed by atoms with Gasteiger partial charge in [0.15, 0.2) is 11.6 Å². The predicted molar refractivity (Wildman–Crippen MR) is 52.7 cm³/mol. The molecule has 0 radical (unpaired) electrons. The summed E-state index contributed by atoms with van der Waals surface area (Å²) in [5.41, 5.74) is 0.431. The molecule has 1 aromatic heterocycles. The number of nitrogens with one attached hydrogen (secondary N) is 1. The van der Waals surface area contributed by atoms with Crippen LogP contribution in [0.1, 0.15) is 24.4 Å². The third-order valence-electron chi connectivity index (χ3n) is 2.47. The topological polar surface area (TPSA) is 37.8 Å². The standard InChI is InChI=1S/C10H14FN3/c1-6-9(11)10(12-2)14-8(13-6)5-7-3-4-7/h7H,3-5H2,1-2H3,(H,12,13,14). The molecule has 2 rings (SSSR count). The molecular formula is C10H14FN3. The summed E-state index contributed by atoms with van der Waals surface area (Å²) in [7, 11) is 1.67. The van der Waals surface area contributed by atoms with Crippen LogP contribution in [0.15, 0.2) is 0 Å². The maximum Gasteiger partial charge on any atom is 0.186 e. The monoisotopic (exact) mass is 195 g/mol. The fourth-order valence-corrected chi connectivity index (χ4v) is 1.45. The maximum atomic E-state index is 13.3. The molecule has 1 aromatic rings. The van der Waals surface area contributed by atoms with Crippen LogP contribution in [0.25, 0.3) is 0 Å². The van der Waals surface area contributed by atoms with Crippen molar-refractivity contribution < 1.29 is 4.39 Å². The van der Waals surface area contributed by atoms with Crippen LogP contribution in [0.3, 0.4) is 0 Å². The van der Waals surface area contributed by atoms with E-state index < -0.39 is 0 Å². The van der Waals surface area contributed by atoms with Gasteiger partial charge in [-0.1, -0.05) is 0 Å². The highest BCUT2D eigenvalue weighted by molar-refractivity contribution is 5.37. The summed E-state index contributed by atoms with van der Waals surface area (Å²) in [6, 6.07) is 0. The Balaban J connectivity index is 2.27. The van der Waals surface area contributed by atoms with Gasteiger partial charge < -0.3 is 5.32 Å². The van der Waals surface area contributed by atoms with Gasteiger partial charge in [-0.25, -0.2) is 14.4 Å². The molecule has 0 bridgehead atoms. The van der Waals surface area contributed by atoms with E-state index in [4.69, 9.17) is 0 Å². The second kappa shape index (κ2) is 3.52. The van der Waals surface area contributed by atoms with Crippen molar-refractivity contribution in [2.24, 2.45) is 5.92 Å². The van der Waals surface area contributed by atoms with E-state index in [0.717, 1.165) is 18.2 Å². The normalized spacial score (nSPS) is 15.6. The fraction of sp³-hybridized carbons (Fsp3) is 0.600. The van der Waals surface area contributed by atoms with Crippen LogP contribution >= 0.6 is 0 Å². The molecule has 0 spiro atoms. The summed E-state index contributed by atoms with van der Waals surface area (Å²) in [5.74, 6) is 1.46. The summed E-state index contributed by atoms with van der Waals surface area (Å²) in [6.45, 7) is 1.67. The molecule has 1 fully saturated rings. The average molecular weight is 195 g/mol. The van der Waals surface area contributed by atoms with E-state index in [9.17, 15) is 4.39 Å². The molecule has 1 aliphatic rings. The van der Waals surface area contributed by atoms with Gasteiger partial charge in [0, 0.05) is 13.5 Å². The number of halogens is 1. The number of nitrogens with zero attached hydrogens (tertiary/aromatic N) is 2. The first-order valence-corrected chi connectivity index (χ1v) is 4.91. The predicted octanol–water partition coefficient (Wildman–Crippen LogP) is 1.92. The van der Waals surface area contributed by atoms with Gasteiger partial charge in [-0.15, -0.1) is 0 Å². The molecule has 14 heavy (non-hydrogen) atoms. The molecule has 0 aromatic carbocycles. The Morgan fingerprint density at radius 3 is 2.71 bits per heavy atom. The molecular weight excluding hydrogens is 181 g/mol. The zero-order chi connectivity index (χ0) is 10.1. The van der Waals surface area contributed by atoms with Gasteiger partial charge in [0.2, 0.25) is 0 Å². The Labute approximate surface area is 82.8 Å². The largest absolute Gasteiger partial charge is 0.371 e. The Morgan fingerprint density at radius 1 is 1.43 bits per heavy atom. The lowest BCUT2D eigenvalue weighted by Gasteiger charge is -2.06. The molecule has 3 nitrogen and oxygen atoms in total. The zero-order valence-electron chi connectivity index (χ0n) is 8.47. The van der Waals surface area contributed by atoms with Crippen molar-refractivity contribution in [3.05, 3.63) is 17.3 Å². The Hall–Kier alpha value is -1.19. The van der Waals surface area contributed by atoms with E-state index in [2.05, 4.69) is 15.3 Å². The highest BCUT2D eigenvalue weighted by Crippen LogP contribution is 2.32. The molecule has 76 valence electrons. The lowest BCUT2D eigenvalue weighted by molar-refractivity contribution is 0.598. The van der Waals surface area contributed by atoms with Crippen molar-refractivity contribution in [3.63, 3.8) is 0 Å². The lowest BCUT2D eigenvalue weighted by Crippen LogP contribution is -2.06. The van der Waals surface area contributed by atoms with Crippen LogP contribution < -0.4 is 5.32 Å². The number of aromatic nitrogens is 2. The zero-order valence-corrected chi connectivity index (χ0v) is 8.47. The van der Waals surface area contributed by atoms with E-state index in [-0.39, 0.29) is 5.82 Å². The number of rotatable bonds is 3. The van der Waals surface area contributed by atoms with Gasteiger partial charge in [-0.3, -0.25) is 0 Å². The number of aryl methyl sites for hydroxylation is 1. The smallest absolute Gasteiger partial charge is 0.186 e. The van der Waals surface area contributed by atoms with Crippen molar-refractivity contribution >= 4 is 5.82 Å². The molecule has 1 heterocycles. The second-order valence-corrected chi connectivity index (χ2v) is 3.79. The van der Waals surface area contributed by atoms with Crippen LogP contribution in [0.2, 0.25) is 0 Å². The Bertz CT molecular complexity index is 347. The molecule has 4 heteroatoms. The van der Waals surface area contributed by atoms with E-state index >= 15 is 0 Å². The van der Waals surface area contributed by atoms with Gasteiger partial charge in [-0.2, -0.15) is 0 Å². The van der Waals surface area contributed by atoms with Crippen LogP contribution in [-0.4, -0.2) is 17.0 Å². The SMILES string of the molecule is CNc1nc(CC2CC2)nc(C)c1F. The first kappa shape index (κ1) is 9.37. The van der Waals surface area contributed by atoms with Crippen LogP contribution in [0.4, 0.5) is 10.2 Å². The summed E-state index contributed by atoms with van der Waals surface area (Å²) in [6.07, 6.45) is 3.40. The highest BCUT2D eigenvalue weighted by Gasteiger charge is 2.23. The fourth-order valence-electron chi connectivity index (χ4n) is 1.45. The summed E-state index contributed by atoms with van der Waals surface area (Å²) in [4.78, 5) is 8.27. The summed E-state index contributed by atoms with van der Waals surface area (Å²) >= 11 is 0. The van der Waals surface area contributed by atoms with Crippen LogP contribution in [0.5, 0.6) is 0 Å². The minimum Gasteiger partial charge on any atom is -0.371 e.